The molecule has 1 heterocycles. The molecule has 0 aliphatic heterocycles. The highest BCUT2D eigenvalue weighted by Crippen LogP contribution is 2.35. The Morgan fingerprint density at radius 1 is 1.16 bits per heavy atom. The molecule has 0 aliphatic carbocycles. The van der Waals surface area contributed by atoms with Crippen molar-refractivity contribution < 1.29 is 14.0 Å². The molecule has 0 spiro atoms. The first-order valence-corrected chi connectivity index (χ1v) is 8.70. The molecule has 25 heavy (non-hydrogen) atoms. The van der Waals surface area contributed by atoms with Gasteiger partial charge in [-0.25, -0.2) is 9.18 Å². The van der Waals surface area contributed by atoms with Crippen LogP contribution in [0.2, 0.25) is 5.02 Å². The molecule has 3 N–H and O–H groups in total. The zero-order valence-corrected chi connectivity index (χ0v) is 15.9. The summed E-state index contributed by atoms with van der Waals surface area (Å²) in [6, 6.07) is 5.10. The van der Waals surface area contributed by atoms with Gasteiger partial charge < -0.3 is 16.0 Å². The fourth-order valence-corrected chi connectivity index (χ4v) is 3.29. The van der Waals surface area contributed by atoms with E-state index >= 15 is 0 Å². The van der Waals surface area contributed by atoms with Crippen LogP contribution in [0, 0.1) is 5.82 Å². The molecule has 3 amide bonds. The molecule has 0 unspecified atom stereocenters. The molecule has 0 saturated heterocycles. The van der Waals surface area contributed by atoms with Crippen LogP contribution in [0.15, 0.2) is 24.3 Å². The number of thiophene rings is 1. The number of amides is 3. The second-order valence-corrected chi connectivity index (χ2v) is 7.85. The van der Waals surface area contributed by atoms with Gasteiger partial charge in [0.15, 0.2) is 0 Å². The number of urea groups is 1. The SMILES string of the molecule is CNC(=O)c1sc(C(C)(C)C)cc1NC(=O)Nc1ccc(F)c(Cl)c1. The van der Waals surface area contributed by atoms with Gasteiger partial charge in [0.05, 0.1) is 10.7 Å². The molecule has 2 aromatic rings. The van der Waals surface area contributed by atoms with Gasteiger partial charge in [-0.2, -0.15) is 0 Å². The number of halogens is 2. The minimum atomic E-state index is -0.567. The summed E-state index contributed by atoms with van der Waals surface area (Å²) in [7, 11) is 1.53. The van der Waals surface area contributed by atoms with E-state index in [1.165, 1.54) is 30.5 Å². The van der Waals surface area contributed by atoms with Gasteiger partial charge in [0.25, 0.3) is 5.91 Å². The van der Waals surface area contributed by atoms with Gasteiger partial charge >= 0.3 is 6.03 Å². The van der Waals surface area contributed by atoms with E-state index in [1.807, 2.05) is 20.8 Å². The average Bonchev–Trinajstić information content (AvgIpc) is 2.94. The molecule has 0 fully saturated rings. The fraction of sp³-hybridized carbons (Fsp3) is 0.294. The summed E-state index contributed by atoms with van der Waals surface area (Å²) in [5, 5.41) is 7.70. The highest BCUT2D eigenvalue weighted by Gasteiger charge is 2.23. The summed E-state index contributed by atoms with van der Waals surface area (Å²) in [6.07, 6.45) is 0. The second-order valence-electron chi connectivity index (χ2n) is 6.39. The number of hydrogen-bond acceptors (Lipinski definition) is 3. The van der Waals surface area contributed by atoms with Crippen molar-refractivity contribution in [2.45, 2.75) is 26.2 Å². The van der Waals surface area contributed by atoms with Crippen LogP contribution in [0.25, 0.3) is 0 Å². The van der Waals surface area contributed by atoms with E-state index in [0.717, 1.165) is 10.9 Å². The predicted molar refractivity (Wildman–Crippen MR) is 100 cm³/mol. The highest BCUT2D eigenvalue weighted by molar-refractivity contribution is 7.14. The molecule has 0 saturated carbocycles. The third-order valence-electron chi connectivity index (χ3n) is 3.33. The molecular weight excluding hydrogens is 365 g/mol. The van der Waals surface area contributed by atoms with Gasteiger partial charge in [-0.1, -0.05) is 32.4 Å². The lowest BCUT2D eigenvalue weighted by Gasteiger charge is -2.15. The van der Waals surface area contributed by atoms with E-state index in [-0.39, 0.29) is 16.3 Å². The normalized spacial score (nSPS) is 11.1. The summed E-state index contributed by atoms with van der Waals surface area (Å²) in [5.41, 5.74) is 0.602. The molecule has 5 nitrogen and oxygen atoms in total. The summed E-state index contributed by atoms with van der Waals surface area (Å²) in [5.74, 6) is -0.845. The molecule has 8 heteroatoms. The number of anilines is 2. The summed E-state index contributed by atoms with van der Waals surface area (Å²) in [4.78, 5) is 25.7. The van der Waals surface area contributed by atoms with Crippen molar-refractivity contribution in [3.05, 3.63) is 44.9 Å². The Labute approximate surface area is 154 Å². The molecule has 134 valence electrons. The van der Waals surface area contributed by atoms with Crippen molar-refractivity contribution in [1.29, 1.82) is 0 Å². The van der Waals surface area contributed by atoms with Crippen LogP contribution in [0.4, 0.5) is 20.6 Å². The number of carbonyl (C=O) groups is 2. The van der Waals surface area contributed by atoms with Gasteiger partial charge in [-0.3, -0.25) is 4.79 Å². The molecule has 0 atom stereocenters. The molecular formula is C17H19ClFN3O2S. The van der Waals surface area contributed by atoms with Crippen LogP contribution in [0.5, 0.6) is 0 Å². The zero-order chi connectivity index (χ0) is 18.8. The van der Waals surface area contributed by atoms with E-state index in [9.17, 15) is 14.0 Å². The van der Waals surface area contributed by atoms with E-state index in [4.69, 9.17) is 11.6 Å². The Morgan fingerprint density at radius 3 is 2.40 bits per heavy atom. The average molecular weight is 384 g/mol. The van der Waals surface area contributed by atoms with Gasteiger partial charge in [-0.05, 0) is 29.7 Å². The standard InChI is InChI=1S/C17H19ClFN3O2S/c1-17(2,3)13-8-12(14(25-13)15(23)20-4)22-16(24)21-9-5-6-11(19)10(18)7-9/h5-8H,1-4H3,(H,20,23)(H2,21,22,24). The minimum absolute atomic E-state index is 0.0885. The number of carbonyl (C=O) groups excluding carboxylic acids is 2. The largest absolute Gasteiger partial charge is 0.354 e. The predicted octanol–water partition coefficient (Wildman–Crippen LogP) is 4.84. The fourth-order valence-electron chi connectivity index (χ4n) is 1.99. The first kappa shape index (κ1) is 19.2. The monoisotopic (exact) mass is 383 g/mol. The first-order chi connectivity index (χ1) is 11.6. The Kier molecular flexibility index (Phi) is 5.69. The molecule has 0 radical (unpaired) electrons. The van der Waals surface area contributed by atoms with Gasteiger partial charge in [0.2, 0.25) is 0 Å². The molecule has 1 aromatic carbocycles. The summed E-state index contributed by atoms with van der Waals surface area (Å²) < 4.78 is 13.2. The Morgan fingerprint density at radius 2 is 1.84 bits per heavy atom. The van der Waals surface area contributed by atoms with Crippen molar-refractivity contribution in [2.24, 2.45) is 0 Å². The van der Waals surface area contributed by atoms with Crippen molar-refractivity contribution >= 4 is 46.3 Å². The van der Waals surface area contributed by atoms with Crippen LogP contribution < -0.4 is 16.0 Å². The maximum Gasteiger partial charge on any atom is 0.323 e. The second kappa shape index (κ2) is 7.41. The minimum Gasteiger partial charge on any atom is -0.354 e. The van der Waals surface area contributed by atoms with Gasteiger partial charge in [0, 0.05) is 17.6 Å². The number of rotatable bonds is 3. The van der Waals surface area contributed by atoms with Crippen LogP contribution in [0.1, 0.15) is 35.3 Å². The maximum absolute atomic E-state index is 13.2. The number of nitrogens with one attached hydrogen (secondary N) is 3. The van der Waals surface area contributed by atoms with Crippen LogP contribution in [-0.2, 0) is 5.41 Å². The topological polar surface area (TPSA) is 70.2 Å². The summed E-state index contributed by atoms with van der Waals surface area (Å²) >= 11 is 7.03. The van der Waals surface area contributed by atoms with Crippen molar-refractivity contribution in [3.63, 3.8) is 0 Å². The third kappa shape index (κ3) is 4.70. The smallest absolute Gasteiger partial charge is 0.323 e. The van der Waals surface area contributed by atoms with E-state index in [1.54, 1.807) is 6.07 Å². The lowest BCUT2D eigenvalue weighted by atomic mass is 9.94. The third-order valence-corrected chi connectivity index (χ3v) is 5.18. The molecule has 1 aromatic heterocycles. The molecule has 0 bridgehead atoms. The summed E-state index contributed by atoms with van der Waals surface area (Å²) in [6.45, 7) is 6.07. The quantitative estimate of drug-likeness (QED) is 0.709. The molecule has 0 aliphatic rings. The molecule has 2 rings (SSSR count). The lowest BCUT2D eigenvalue weighted by molar-refractivity contribution is 0.0968. The number of hydrogen-bond donors (Lipinski definition) is 3. The van der Waals surface area contributed by atoms with E-state index < -0.39 is 11.8 Å². The van der Waals surface area contributed by atoms with Crippen molar-refractivity contribution in [1.82, 2.24) is 5.32 Å². The van der Waals surface area contributed by atoms with Crippen LogP contribution >= 0.6 is 22.9 Å². The van der Waals surface area contributed by atoms with Gasteiger partial charge in [0.1, 0.15) is 10.7 Å². The first-order valence-electron chi connectivity index (χ1n) is 7.51. The van der Waals surface area contributed by atoms with Gasteiger partial charge in [-0.15, -0.1) is 11.3 Å². The number of benzene rings is 1. The van der Waals surface area contributed by atoms with E-state index in [0.29, 0.717) is 16.3 Å². The maximum atomic E-state index is 13.2. The highest BCUT2D eigenvalue weighted by atomic mass is 35.5. The van der Waals surface area contributed by atoms with Crippen molar-refractivity contribution in [3.8, 4) is 0 Å². The lowest BCUT2D eigenvalue weighted by Crippen LogP contribution is -2.22. The Bertz CT molecular complexity index is 815. The Balaban J connectivity index is 2.22. The van der Waals surface area contributed by atoms with E-state index in [2.05, 4.69) is 16.0 Å². The zero-order valence-electron chi connectivity index (χ0n) is 14.3. The van der Waals surface area contributed by atoms with Crippen LogP contribution in [0.3, 0.4) is 0 Å². The van der Waals surface area contributed by atoms with Crippen molar-refractivity contribution in [2.75, 3.05) is 17.7 Å². The van der Waals surface area contributed by atoms with Crippen LogP contribution in [-0.4, -0.2) is 19.0 Å². The Hall–Kier alpha value is -2.12.